The van der Waals surface area contributed by atoms with Crippen LogP contribution in [-0.2, 0) is 0 Å². The van der Waals surface area contributed by atoms with Crippen molar-refractivity contribution in [2.75, 3.05) is 19.6 Å². The fraction of sp³-hybridized carbons (Fsp3) is 0.417. The van der Waals surface area contributed by atoms with E-state index in [1.165, 1.54) is 0 Å². The summed E-state index contributed by atoms with van der Waals surface area (Å²) < 4.78 is 26.6. The van der Waals surface area contributed by atoms with Crippen molar-refractivity contribution in [3.8, 4) is 0 Å². The number of nitrogens with one attached hydrogen (secondary N) is 2. The van der Waals surface area contributed by atoms with Crippen molar-refractivity contribution < 1.29 is 13.6 Å². The molecule has 0 bridgehead atoms. The predicted octanol–water partition coefficient (Wildman–Crippen LogP) is 1.96. The molecule has 1 aliphatic heterocycles. The molecule has 1 saturated heterocycles. The Kier molecular flexibility index (Phi) is 4.14. The molecule has 0 radical (unpaired) electrons. The molecule has 1 heterocycles. The van der Waals surface area contributed by atoms with Crippen LogP contribution in [0.25, 0.3) is 0 Å². The van der Waals surface area contributed by atoms with Crippen molar-refractivity contribution >= 4 is 17.5 Å². The van der Waals surface area contributed by atoms with Gasteiger partial charge in [0.15, 0.2) is 0 Å². The van der Waals surface area contributed by atoms with Crippen LogP contribution in [0, 0.1) is 17.6 Å². The predicted molar refractivity (Wildman–Crippen MR) is 64.7 cm³/mol. The van der Waals surface area contributed by atoms with Crippen molar-refractivity contribution in [2.24, 2.45) is 5.92 Å². The first kappa shape index (κ1) is 13.2. The van der Waals surface area contributed by atoms with Gasteiger partial charge in [0.2, 0.25) is 0 Å². The number of carbonyl (C=O) groups excluding carboxylic acids is 1. The van der Waals surface area contributed by atoms with E-state index in [9.17, 15) is 13.6 Å². The molecule has 0 spiro atoms. The number of hydrogen-bond donors (Lipinski definition) is 2. The van der Waals surface area contributed by atoms with Crippen molar-refractivity contribution in [2.45, 2.75) is 6.42 Å². The van der Waals surface area contributed by atoms with Gasteiger partial charge in [0, 0.05) is 6.54 Å². The second-order valence-corrected chi connectivity index (χ2v) is 4.72. The van der Waals surface area contributed by atoms with Gasteiger partial charge < -0.3 is 10.6 Å². The third kappa shape index (κ3) is 2.97. The Labute approximate surface area is 109 Å². The van der Waals surface area contributed by atoms with E-state index >= 15 is 0 Å². The zero-order valence-corrected chi connectivity index (χ0v) is 10.4. The number of rotatable bonds is 3. The molecule has 3 nitrogen and oxygen atoms in total. The van der Waals surface area contributed by atoms with Crippen LogP contribution in [0.3, 0.4) is 0 Å². The number of halogens is 3. The van der Waals surface area contributed by atoms with Crippen LogP contribution >= 0.6 is 11.6 Å². The molecule has 2 rings (SSSR count). The Hall–Kier alpha value is -1.20. The van der Waals surface area contributed by atoms with Gasteiger partial charge in [-0.25, -0.2) is 8.78 Å². The standard InChI is InChI=1S/C12H13ClF2N2O/c13-9-4-10(14)8(3-11(9)15)12(18)17-6-7-1-2-16-5-7/h3-4,7,16H,1-2,5-6H2,(H,17,18). The molecule has 2 N–H and O–H groups in total. The minimum absolute atomic E-state index is 0.317. The molecule has 0 aromatic heterocycles. The largest absolute Gasteiger partial charge is 0.352 e. The van der Waals surface area contributed by atoms with E-state index in [-0.39, 0.29) is 10.6 Å². The summed E-state index contributed by atoms with van der Waals surface area (Å²) in [4.78, 5) is 11.7. The van der Waals surface area contributed by atoms with Crippen LogP contribution in [0.2, 0.25) is 5.02 Å². The number of benzene rings is 1. The van der Waals surface area contributed by atoms with Crippen LogP contribution in [-0.4, -0.2) is 25.5 Å². The third-order valence-electron chi connectivity index (χ3n) is 2.97. The Morgan fingerprint density at radius 2 is 2.22 bits per heavy atom. The van der Waals surface area contributed by atoms with Crippen LogP contribution in [0.5, 0.6) is 0 Å². The second-order valence-electron chi connectivity index (χ2n) is 4.32. The summed E-state index contributed by atoms with van der Waals surface area (Å²) >= 11 is 5.42. The molecule has 1 atom stereocenters. The average molecular weight is 275 g/mol. The van der Waals surface area contributed by atoms with E-state index in [1.807, 2.05) is 0 Å². The number of amides is 1. The molecular formula is C12H13ClF2N2O. The van der Waals surface area contributed by atoms with E-state index < -0.39 is 17.5 Å². The van der Waals surface area contributed by atoms with Gasteiger partial charge in [0.05, 0.1) is 10.6 Å². The SMILES string of the molecule is O=C(NCC1CCNC1)c1cc(F)c(Cl)cc1F. The quantitative estimate of drug-likeness (QED) is 0.828. The lowest BCUT2D eigenvalue weighted by Gasteiger charge is -2.10. The maximum absolute atomic E-state index is 13.5. The van der Waals surface area contributed by atoms with Crippen LogP contribution in [0.15, 0.2) is 12.1 Å². The Balaban J connectivity index is 2.01. The molecule has 1 aromatic carbocycles. The van der Waals surface area contributed by atoms with Gasteiger partial charge in [-0.2, -0.15) is 0 Å². The minimum atomic E-state index is -0.816. The highest BCUT2D eigenvalue weighted by Gasteiger charge is 2.18. The summed E-state index contributed by atoms with van der Waals surface area (Å²) in [5.41, 5.74) is -0.317. The van der Waals surface area contributed by atoms with Crippen molar-refractivity contribution in [3.63, 3.8) is 0 Å². The van der Waals surface area contributed by atoms with Gasteiger partial charge in [0.1, 0.15) is 11.6 Å². The van der Waals surface area contributed by atoms with Gasteiger partial charge >= 0.3 is 0 Å². The fourth-order valence-corrected chi connectivity index (χ4v) is 2.07. The lowest BCUT2D eigenvalue weighted by Crippen LogP contribution is -2.30. The molecule has 18 heavy (non-hydrogen) atoms. The fourth-order valence-electron chi connectivity index (χ4n) is 1.92. The van der Waals surface area contributed by atoms with Crippen molar-refractivity contribution in [1.29, 1.82) is 0 Å². The number of carbonyl (C=O) groups is 1. The smallest absolute Gasteiger partial charge is 0.254 e. The first-order valence-electron chi connectivity index (χ1n) is 5.71. The molecule has 98 valence electrons. The molecule has 6 heteroatoms. The van der Waals surface area contributed by atoms with Gasteiger partial charge in [-0.3, -0.25) is 4.79 Å². The van der Waals surface area contributed by atoms with E-state index in [1.54, 1.807) is 0 Å². The zero-order chi connectivity index (χ0) is 13.1. The van der Waals surface area contributed by atoms with Crippen LogP contribution in [0.1, 0.15) is 16.8 Å². The average Bonchev–Trinajstić information content (AvgIpc) is 2.84. The number of hydrogen-bond acceptors (Lipinski definition) is 2. The molecule has 1 aromatic rings. The lowest BCUT2D eigenvalue weighted by atomic mass is 10.1. The molecule has 1 amide bonds. The minimum Gasteiger partial charge on any atom is -0.352 e. The Morgan fingerprint density at radius 1 is 1.44 bits per heavy atom. The highest BCUT2D eigenvalue weighted by molar-refractivity contribution is 6.30. The molecule has 1 aliphatic rings. The zero-order valence-electron chi connectivity index (χ0n) is 9.60. The molecule has 0 saturated carbocycles. The maximum Gasteiger partial charge on any atom is 0.254 e. The summed E-state index contributed by atoms with van der Waals surface area (Å²) in [5.74, 6) is -1.89. The van der Waals surface area contributed by atoms with E-state index in [2.05, 4.69) is 10.6 Å². The van der Waals surface area contributed by atoms with Crippen LogP contribution < -0.4 is 10.6 Å². The summed E-state index contributed by atoms with van der Waals surface area (Å²) in [6.07, 6.45) is 0.970. The topological polar surface area (TPSA) is 41.1 Å². The Morgan fingerprint density at radius 3 is 2.89 bits per heavy atom. The van der Waals surface area contributed by atoms with Crippen molar-refractivity contribution in [1.82, 2.24) is 10.6 Å². The molecule has 1 unspecified atom stereocenters. The van der Waals surface area contributed by atoms with Crippen molar-refractivity contribution in [3.05, 3.63) is 34.4 Å². The lowest BCUT2D eigenvalue weighted by molar-refractivity contribution is 0.0943. The van der Waals surface area contributed by atoms with E-state index in [0.29, 0.717) is 12.5 Å². The molecule has 1 fully saturated rings. The van der Waals surface area contributed by atoms with Gasteiger partial charge in [-0.15, -0.1) is 0 Å². The summed E-state index contributed by atoms with van der Waals surface area (Å²) in [6, 6.07) is 1.63. The molecular weight excluding hydrogens is 262 g/mol. The summed E-state index contributed by atoms with van der Waals surface area (Å²) in [5, 5.41) is 5.43. The monoisotopic (exact) mass is 274 g/mol. The highest BCUT2D eigenvalue weighted by Crippen LogP contribution is 2.19. The summed E-state index contributed by atoms with van der Waals surface area (Å²) in [7, 11) is 0. The van der Waals surface area contributed by atoms with E-state index in [4.69, 9.17) is 11.6 Å². The second kappa shape index (κ2) is 5.63. The summed E-state index contributed by atoms with van der Waals surface area (Å²) in [6.45, 7) is 2.21. The van der Waals surface area contributed by atoms with Gasteiger partial charge in [-0.1, -0.05) is 11.6 Å². The maximum atomic E-state index is 13.5. The van der Waals surface area contributed by atoms with E-state index in [0.717, 1.165) is 31.6 Å². The first-order chi connectivity index (χ1) is 8.58. The first-order valence-corrected chi connectivity index (χ1v) is 6.09. The van der Waals surface area contributed by atoms with Gasteiger partial charge in [-0.05, 0) is 37.6 Å². The Bertz CT molecular complexity index is 462. The normalized spacial score (nSPS) is 18.9. The molecule has 0 aliphatic carbocycles. The van der Waals surface area contributed by atoms with Gasteiger partial charge in [0.25, 0.3) is 5.91 Å². The van der Waals surface area contributed by atoms with Crippen LogP contribution in [0.4, 0.5) is 8.78 Å². The highest BCUT2D eigenvalue weighted by atomic mass is 35.5. The third-order valence-corrected chi connectivity index (χ3v) is 3.26.